The van der Waals surface area contributed by atoms with Gasteiger partial charge in [-0.1, -0.05) is 6.07 Å². The van der Waals surface area contributed by atoms with Crippen molar-refractivity contribution in [1.82, 2.24) is 10.6 Å². The third kappa shape index (κ3) is 3.97. The molecule has 0 unspecified atom stereocenters. The van der Waals surface area contributed by atoms with Gasteiger partial charge in [0.05, 0.1) is 19.2 Å². The molecule has 19 heavy (non-hydrogen) atoms. The highest BCUT2D eigenvalue weighted by Gasteiger charge is 2.22. The maximum absolute atomic E-state index is 11.5. The van der Waals surface area contributed by atoms with Gasteiger partial charge in [0, 0.05) is 12.6 Å². The summed E-state index contributed by atoms with van der Waals surface area (Å²) in [6.45, 7) is 0.848. The number of nitrogens with one attached hydrogen (secondary N) is 2. The summed E-state index contributed by atoms with van der Waals surface area (Å²) in [5, 5.41) is 14.9. The normalized spacial score (nSPS) is 13.7. The molecule has 0 atom stereocenters. The quantitative estimate of drug-likeness (QED) is 0.797. The number of ether oxygens (including phenoxy) is 1. The lowest BCUT2D eigenvalue weighted by Gasteiger charge is -2.08. The summed E-state index contributed by atoms with van der Waals surface area (Å²) in [5.41, 5.74) is 1.46. The fourth-order valence-corrected chi connectivity index (χ4v) is 1.78. The van der Waals surface area contributed by atoms with Gasteiger partial charge >= 0.3 is 0 Å². The summed E-state index contributed by atoms with van der Waals surface area (Å²) < 4.78 is 5.08. The predicted molar refractivity (Wildman–Crippen MR) is 70.6 cm³/mol. The molecule has 2 N–H and O–H groups in total. The predicted octanol–water partition coefficient (Wildman–Crippen LogP) is 0.935. The van der Waals surface area contributed by atoms with Crippen molar-refractivity contribution in [2.24, 2.45) is 0 Å². The largest absolute Gasteiger partial charge is 0.495 e. The summed E-state index contributed by atoms with van der Waals surface area (Å²) >= 11 is 0. The van der Waals surface area contributed by atoms with Crippen LogP contribution in [-0.2, 0) is 11.3 Å². The average Bonchev–Trinajstić information content (AvgIpc) is 3.22. The van der Waals surface area contributed by atoms with E-state index in [1.54, 1.807) is 12.1 Å². The number of rotatable bonds is 6. The zero-order valence-corrected chi connectivity index (χ0v) is 10.9. The fourth-order valence-electron chi connectivity index (χ4n) is 1.78. The lowest BCUT2D eigenvalue weighted by Crippen LogP contribution is -2.34. The van der Waals surface area contributed by atoms with Crippen LogP contribution in [0.2, 0.25) is 0 Å². The monoisotopic (exact) mass is 259 g/mol. The Balaban J connectivity index is 1.82. The summed E-state index contributed by atoms with van der Waals surface area (Å²) in [7, 11) is 1.54. The van der Waals surface area contributed by atoms with Crippen LogP contribution in [0.3, 0.4) is 0 Å². The Hall–Kier alpha value is -2.06. The van der Waals surface area contributed by atoms with Gasteiger partial charge in [0.25, 0.3) is 0 Å². The highest BCUT2D eigenvalue weighted by atomic mass is 16.5. The molecule has 0 heterocycles. The van der Waals surface area contributed by atoms with Crippen molar-refractivity contribution in [1.29, 1.82) is 5.26 Å². The van der Waals surface area contributed by atoms with Crippen LogP contribution >= 0.6 is 0 Å². The molecule has 0 spiro atoms. The average molecular weight is 259 g/mol. The van der Waals surface area contributed by atoms with Crippen LogP contribution in [0.4, 0.5) is 0 Å². The Morgan fingerprint density at radius 1 is 1.53 bits per heavy atom. The molecule has 5 nitrogen and oxygen atoms in total. The van der Waals surface area contributed by atoms with E-state index in [1.807, 2.05) is 6.07 Å². The van der Waals surface area contributed by atoms with E-state index in [0.29, 0.717) is 30.4 Å². The molecule has 0 aliphatic heterocycles. The smallest absolute Gasteiger partial charge is 0.234 e. The van der Waals surface area contributed by atoms with Gasteiger partial charge in [-0.3, -0.25) is 4.79 Å². The van der Waals surface area contributed by atoms with E-state index in [9.17, 15) is 4.79 Å². The van der Waals surface area contributed by atoms with Crippen LogP contribution in [-0.4, -0.2) is 25.6 Å². The third-order valence-corrected chi connectivity index (χ3v) is 2.94. The molecule has 5 heteroatoms. The van der Waals surface area contributed by atoms with Crippen LogP contribution in [0.25, 0.3) is 0 Å². The van der Waals surface area contributed by atoms with E-state index in [1.165, 1.54) is 7.11 Å². The van der Waals surface area contributed by atoms with Gasteiger partial charge < -0.3 is 15.4 Å². The molecule has 0 aromatic heterocycles. The Kier molecular flexibility index (Phi) is 4.37. The maximum Gasteiger partial charge on any atom is 0.234 e. The van der Waals surface area contributed by atoms with Crippen molar-refractivity contribution in [3.8, 4) is 11.8 Å². The van der Waals surface area contributed by atoms with Gasteiger partial charge in [-0.05, 0) is 30.5 Å². The first-order chi connectivity index (χ1) is 9.22. The first kappa shape index (κ1) is 13.4. The van der Waals surface area contributed by atoms with Crippen molar-refractivity contribution < 1.29 is 9.53 Å². The van der Waals surface area contributed by atoms with Crippen LogP contribution < -0.4 is 15.4 Å². The van der Waals surface area contributed by atoms with Gasteiger partial charge in [0.1, 0.15) is 11.8 Å². The Morgan fingerprint density at radius 2 is 2.32 bits per heavy atom. The molecule has 2 rings (SSSR count). The molecule has 1 saturated carbocycles. The summed E-state index contributed by atoms with van der Waals surface area (Å²) in [5.74, 6) is 0.592. The molecule has 1 aliphatic rings. The molecule has 1 aromatic carbocycles. The summed E-state index contributed by atoms with van der Waals surface area (Å²) in [4.78, 5) is 11.5. The first-order valence-corrected chi connectivity index (χ1v) is 6.30. The number of hydrogen-bond donors (Lipinski definition) is 2. The molecule has 0 radical (unpaired) electrons. The van der Waals surface area contributed by atoms with Crippen molar-refractivity contribution >= 4 is 5.91 Å². The molecule has 0 saturated heterocycles. The molecule has 100 valence electrons. The zero-order valence-electron chi connectivity index (χ0n) is 10.9. The van der Waals surface area contributed by atoms with Crippen molar-refractivity contribution in [3.05, 3.63) is 29.3 Å². The van der Waals surface area contributed by atoms with Crippen molar-refractivity contribution in [3.63, 3.8) is 0 Å². The van der Waals surface area contributed by atoms with Crippen LogP contribution in [0.5, 0.6) is 5.75 Å². The lowest BCUT2D eigenvalue weighted by molar-refractivity contribution is -0.120. The van der Waals surface area contributed by atoms with E-state index in [-0.39, 0.29) is 5.91 Å². The second-order valence-corrected chi connectivity index (χ2v) is 4.59. The molecule has 0 bridgehead atoms. The highest BCUT2D eigenvalue weighted by molar-refractivity contribution is 5.78. The number of nitrogens with zero attached hydrogens (tertiary/aromatic N) is 1. The van der Waals surface area contributed by atoms with Gasteiger partial charge in [-0.2, -0.15) is 5.26 Å². The molecular formula is C14H17N3O2. The van der Waals surface area contributed by atoms with E-state index >= 15 is 0 Å². The number of amides is 1. The first-order valence-electron chi connectivity index (χ1n) is 6.30. The van der Waals surface area contributed by atoms with E-state index < -0.39 is 0 Å². The van der Waals surface area contributed by atoms with E-state index in [4.69, 9.17) is 10.00 Å². The molecular weight excluding hydrogens is 242 g/mol. The number of hydrogen-bond acceptors (Lipinski definition) is 4. The van der Waals surface area contributed by atoms with Crippen molar-refractivity contribution in [2.75, 3.05) is 13.7 Å². The number of carbonyl (C=O) groups is 1. The van der Waals surface area contributed by atoms with Gasteiger partial charge in [-0.15, -0.1) is 0 Å². The number of benzene rings is 1. The maximum atomic E-state index is 11.5. The van der Waals surface area contributed by atoms with Crippen LogP contribution in [0, 0.1) is 11.3 Å². The highest BCUT2D eigenvalue weighted by Crippen LogP contribution is 2.19. The molecule has 1 aliphatic carbocycles. The Bertz CT molecular complexity index is 504. The third-order valence-electron chi connectivity index (χ3n) is 2.94. The SMILES string of the molecule is COc1ccc(CNCC(=O)NC2CC2)cc1C#N. The topological polar surface area (TPSA) is 74.2 Å². The Morgan fingerprint density at radius 3 is 2.95 bits per heavy atom. The second kappa shape index (κ2) is 6.21. The molecule has 1 aromatic rings. The lowest BCUT2D eigenvalue weighted by atomic mass is 10.1. The molecule has 1 fully saturated rings. The van der Waals surface area contributed by atoms with Crippen LogP contribution in [0.1, 0.15) is 24.0 Å². The minimum Gasteiger partial charge on any atom is -0.495 e. The summed E-state index contributed by atoms with van der Waals surface area (Å²) in [6.07, 6.45) is 2.19. The number of carbonyl (C=O) groups excluding carboxylic acids is 1. The fraction of sp³-hybridized carbons (Fsp3) is 0.429. The van der Waals surface area contributed by atoms with E-state index in [2.05, 4.69) is 16.7 Å². The number of nitriles is 1. The minimum absolute atomic E-state index is 0.0246. The van der Waals surface area contributed by atoms with Gasteiger partial charge in [0.2, 0.25) is 5.91 Å². The van der Waals surface area contributed by atoms with E-state index in [0.717, 1.165) is 18.4 Å². The van der Waals surface area contributed by atoms with Crippen molar-refractivity contribution in [2.45, 2.75) is 25.4 Å². The Labute approximate surface area is 112 Å². The summed E-state index contributed by atoms with van der Waals surface area (Å²) in [6, 6.07) is 7.89. The standard InChI is InChI=1S/C14H17N3O2/c1-19-13-5-2-10(6-11(13)7-15)8-16-9-14(18)17-12-3-4-12/h2,5-6,12,16H,3-4,8-9H2,1H3,(H,17,18). The van der Waals surface area contributed by atoms with Gasteiger partial charge in [-0.25, -0.2) is 0 Å². The number of methoxy groups -OCH3 is 1. The second-order valence-electron chi connectivity index (χ2n) is 4.59. The van der Waals surface area contributed by atoms with Gasteiger partial charge in [0.15, 0.2) is 0 Å². The minimum atomic E-state index is 0.0246. The van der Waals surface area contributed by atoms with Crippen LogP contribution in [0.15, 0.2) is 18.2 Å². The molecule has 1 amide bonds. The zero-order chi connectivity index (χ0) is 13.7.